The molecule has 4 aromatic rings. The Morgan fingerprint density at radius 3 is 2.03 bits per heavy atom. The van der Waals surface area contributed by atoms with E-state index in [0.717, 1.165) is 11.1 Å². The summed E-state index contributed by atoms with van der Waals surface area (Å²) in [7, 11) is 0. The monoisotopic (exact) mass is 489 g/mol. The van der Waals surface area contributed by atoms with E-state index in [9.17, 15) is 15.2 Å². The quantitative estimate of drug-likeness (QED) is 0.206. The normalized spacial score (nSPS) is 10.9. The molecule has 3 aromatic carbocycles. The number of hydrogen-bond acceptors (Lipinski definition) is 7. The molecule has 0 aliphatic rings. The van der Waals surface area contributed by atoms with Gasteiger partial charge in [-0.1, -0.05) is 60.7 Å². The molecule has 0 amide bonds. The number of aromatic nitrogens is 2. The Morgan fingerprint density at radius 1 is 0.938 bits per heavy atom. The predicted octanol–water partition coefficient (Wildman–Crippen LogP) is 5.63. The van der Waals surface area contributed by atoms with Gasteiger partial charge < -0.3 is 5.11 Å². The number of benzene rings is 3. The second kappa shape index (κ2) is 9.36. The number of halogens is 1. The van der Waals surface area contributed by atoms with Crippen LogP contribution in [-0.4, -0.2) is 26.2 Å². The third-order valence-corrected chi connectivity index (χ3v) is 5.13. The van der Waals surface area contributed by atoms with Crippen molar-refractivity contribution in [2.75, 3.05) is 5.43 Å². The van der Waals surface area contributed by atoms with E-state index in [1.807, 2.05) is 66.7 Å². The molecule has 0 aliphatic heterocycles. The molecular formula is C23H16BrN5O3. The summed E-state index contributed by atoms with van der Waals surface area (Å²) in [5.74, 6) is 0.0792. The van der Waals surface area contributed by atoms with Gasteiger partial charge in [0, 0.05) is 28.8 Å². The van der Waals surface area contributed by atoms with Gasteiger partial charge in [0.15, 0.2) is 0 Å². The molecule has 0 fully saturated rings. The highest BCUT2D eigenvalue weighted by Crippen LogP contribution is 2.31. The zero-order valence-corrected chi connectivity index (χ0v) is 18.1. The third-order valence-electron chi connectivity index (χ3n) is 4.52. The Kier molecular flexibility index (Phi) is 6.18. The lowest BCUT2D eigenvalue weighted by Gasteiger charge is -2.08. The summed E-state index contributed by atoms with van der Waals surface area (Å²) in [5.41, 5.74) is 6.00. The van der Waals surface area contributed by atoms with Crippen molar-refractivity contribution in [3.05, 3.63) is 99.0 Å². The maximum atomic E-state index is 11.1. The first-order valence-electron chi connectivity index (χ1n) is 9.47. The van der Waals surface area contributed by atoms with Crippen LogP contribution in [0.25, 0.3) is 22.5 Å². The maximum absolute atomic E-state index is 11.1. The highest BCUT2D eigenvalue weighted by atomic mass is 79.9. The van der Waals surface area contributed by atoms with E-state index in [1.165, 1.54) is 18.3 Å². The number of nitrogens with one attached hydrogen (secondary N) is 1. The van der Waals surface area contributed by atoms with Crippen molar-refractivity contribution < 1.29 is 10.0 Å². The van der Waals surface area contributed by atoms with E-state index in [2.05, 4.69) is 36.4 Å². The van der Waals surface area contributed by atoms with E-state index in [0.29, 0.717) is 11.4 Å². The number of phenolic OH excluding ortho intramolecular Hbond substituents is 1. The van der Waals surface area contributed by atoms with Crippen molar-refractivity contribution in [2.45, 2.75) is 0 Å². The topological polar surface area (TPSA) is 114 Å². The zero-order chi connectivity index (χ0) is 22.5. The number of hydrogen-bond donors (Lipinski definition) is 2. The van der Waals surface area contributed by atoms with E-state index in [4.69, 9.17) is 0 Å². The minimum absolute atomic E-state index is 0.162. The second-order valence-corrected chi connectivity index (χ2v) is 7.54. The van der Waals surface area contributed by atoms with E-state index in [-0.39, 0.29) is 27.4 Å². The molecular weight excluding hydrogens is 474 g/mol. The van der Waals surface area contributed by atoms with Gasteiger partial charge in [0.25, 0.3) is 5.69 Å². The van der Waals surface area contributed by atoms with Crippen LogP contribution in [0.2, 0.25) is 0 Å². The van der Waals surface area contributed by atoms with Gasteiger partial charge in [0.05, 0.1) is 27.0 Å². The van der Waals surface area contributed by atoms with Crippen LogP contribution in [-0.2, 0) is 0 Å². The van der Waals surface area contributed by atoms with Crippen molar-refractivity contribution in [1.29, 1.82) is 0 Å². The highest BCUT2D eigenvalue weighted by Gasteiger charge is 2.14. The van der Waals surface area contributed by atoms with Crippen LogP contribution in [0.15, 0.2) is 88.4 Å². The van der Waals surface area contributed by atoms with Crippen LogP contribution >= 0.6 is 15.9 Å². The van der Waals surface area contributed by atoms with Gasteiger partial charge in [-0.25, -0.2) is 15.4 Å². The highest BCUT2D eigenvalue weighted by molar-refractivity contribution is 9.10. The number of nitro benzene ring substituents is 1. The standard InChI is InChI=1S/C23H16BrN5O3/c24-19-12-18(29(31)32)11-17(22(19)30)14-25-28-23-26-20(15-7-3-1-4-8-15)13-21(27-23)16-9-5-2-6-10-16/h1-14,30H,(H,26,27,28)/b25-14-. The number of phenols is 1. The summed E-state index contributed by atoms with van der Waals surface area (Å²) >= 11 is 3.11. The Bertz CT molecular complexity index is 1240. The fourth-order valence-electron chi connectivity index (χ4n) is 2.98. The summed E-state index contributed by atoms with van der Waals surface area (Å²) in [4.78, 5) is 19.6. The molecule has 1 heterocycles. The molecule has 0 spiro atoms. The van der Waals surface area contributed by atoms with E-state index < -0.39 is 4.92 Å². The number of anilines is 1. The molecule has 0 bridgehead atoms. The number of rotatable bonds is 6. The number of nitro groups is 1. The molecule has 0 atom stereocenters. The van der Waals surface area contributed by atoms with Crippen LogP contribution in [0.5, 0.6) is 5.75 Å². The minimum Gasteiger partial charge on any atom is -0.506 e. The smallest absolute Gasteiger partial charge is 0.271 e. The first kappa shape index (κ1) is 21.1. The van der Waals surface area contributed by atoms with Gasteiger partial charge >= 0.3 is 0 Å². The average molecular weight is 490 g/mol. The van der Waals surface area contributed by atoms with Crippen molar-refractivity contribution in [3.8, 4) is 28.3 Å². The van der Waals surface area contributed by atoms with Crippen LogP contribution in [0, 0.1) is 10.1 Å². The predicted molar refractivity (Wildman–Crippen MR) is 127 cm³/mol. The summed E-state index contributed by atoms with van der Waals surface area (Å²) in [6.45, 7) is 0. The van der Waals surface area contributed by atoms with Crippen molar-refractivity contribution in [2.24, 2.45) is 5.10 Å². The van der Waals surface area contributed by atoms with Crippen LogP contribution in [0.4, 0.5) is 11.6 Å². The number of non-ortho nitro benzene ring substituents is 1. The fraction of sp³-hybridized carbons (Fsp3) is 0. The molecule has 8 nitrogen and oxygen atoms in total. The Labute approximate surface area is 191 Å². The largest absolute Gasteiger partial charge is 0.506 e. The Morgan fingerprint density at radius 2 is 1.50 bits per heavy atom. The Balaban J connectivity index is 1.69. The molecule has 1 aromatic heterocycles. The van der Waals surface area contributed by atoms with Gasteiger partial charge in [-0.15, -0.1) is 0 Å². The third kappa shape index (κ3) is 4.79. The molecule has 158 valence electrons. The van der Waals surface area contributed by atoms with E-state index >= 15 is 0 Å². The summed E-state index contributed by atoms with van der Waals surface area (Å²) in [6, 6.07) is 23.7. The first-order chi connectivity index (χ1) is 15.5. The SMILES string of the molecule is O=[N+]([O-])c1cc(Br)c(O)c(/C=N\Nc2nc(-c3ccccc3)cc(-c3ccccc3)n2)c1. The molecule has 0 radical (unpaired) electrons. The van der Waals surface area contributed by atoms with Crippen LogP contribution < -0.4 is 5.43 Å². The average Bonchev–Trinajstić information content (AvgIpc) is 2.82. The summed E-state index contributed by atoms with van der Waals surface area (Å²) < 4.78 is 0.196. The molecule has 9 heteroatoms. The van der Waals surface area contributed by atoms with Crippen molar-refractivity contribution in [1.82, 2.24) is 9.97 Å². The Hall–Kier alpha value is -4.11. The molecule has 2 N–H and O–H groups in total. The van der Waals surface area contributed by atoms with Crippen LogP contribution in [0.3, 0.4) is 0 Å². The molecule has 0 aliphatic carbocycles. The molecule has 32 heavy (non-hydrogen) atoms. The fourth-order valence-corrected chi connectivity index (χ4v) is 3.44. The van der Waals surface area contributed by atoms with Gasteiger partial charge in [-0.05, 0) is 22.0 Å². The molecule has 0 unspecified atom stereocenters. The van der Waals surface area contributed by atoms with Gasteiger partial charge in [-0.2, -0.15) is 5.10 Å². The minimum atomic E-state index is -0.548. The lowest BCUT2D eigenvalue weighted by atomic mass is 10.1. The summed E-state index contributed by atoms with van der Waals surface area (Å²) in [5, 5.41) is 25.3. The maximum Gasteiger partial charge on any atom is 0.271 e. The van der Waals surface area contributed by atoms with Crippen molar-refractivity contribution >= 4 is 33.8 Å². The second-order valence-electron chi connectivity index (χ2n) is 6.69. The van der Waals surface area contributed by atoms with Gasteiger partial charge in [-0.3, -0.25) is 10.1 Å². The summed E-state index contributed by atoms with van der Waals surface area (Å²) in [6.07, 6.45) is 1.27. The molecule has 0 saturated carbocycles. The number of nitrogens with zero attached hydrogens (tertiary/aromatic N) is 4. The van der Waals surface area contributed by atoms with E-state index in [1.54, 1.807) is 0 Å². The lowest BCUT2D eigenvalue weighted by molar-refractivity contribution is -0.385. The molecule has 4 rings (SSSR count). The zero-order valence-electron chi connectivity index (χ0n) is 16.5. The first-order valence-corrected chi connectivity index (χ1v) is 10.3. The van der Waals surface area contributed by atoms with Gasteiger partial charge in [0.1, 0.15) is 5.75 Å². The molecule has 0 saturated heterocycles. The number of hydrazone groups is 1. The lowest BCUT2D eigenvalue weighted by Crippen LogP contribution is -2.00. The van der Waals surface area contributed by atoms with Crippen LogP contribution in [0.1, 0.15) is 5.56 Å². The van der Waals surface area contributed by atoms with Gasteiger partial charge in [0.2, 0.25) is 5.95 Å². The van der Waals surface area contributed by atoms with Crippen molar-refractivity contribution in [3.63, 3.8) is 0 Å². The number of aromatic hydroxyl groups is 1.